The van der Waals surface area contributed by atoms with E-state index in [0.29, 0.717) is 5.56 Å². The molecule has 0 amide bonds. The summed E-state index contributed by atoms with van der Waals surface area (Å²) in [4.78, 5) is 24.6. The van der Waals surface area contributed by atoms with Gasteiger partial charge >= 0.3 is 0 Å². The number of para-hydroxylation sites is 4. The van der Waals surface area contributed by atoms with Crippen molar-refractivity contribution in [2.75, 3.05) is 0 Å². The molecule has 0 saturated heterocycles. The van der Waals surface area contributed by atoms with Crippen LogP contribution in [-0.4, -0.2) is 64.4 Å². The monoisotopic (exact) mass is 1270 g/mol. The minimum absolute atomic E-state index is 0. The van der Waals surface area contributed by atoms with Crippen molar-refractivity contribution in [2.24, 2.45) is 16.2 Å². The van der Waals surface area contributed by atoms with Crippen LogP contribution in [0.4, 0.5) is 0 Å². The van der Waals surface area contributed by atoms with Crippen LogP contribution in [0.3, 0.4) is 0 Å². The van der Waals surface area contributed by atoms with Crippen molar-refractivity contribution in [2.45, 2.75) is 0 Å². The van der Waals surface area contributed by atoms with E-state index in [9.17, 15) is 14.7 Å². The van der Waals surface area contributed by atoms with Gasteiger partial charge in [-0.25, -0.2) is 5.90 Å². The first kappa shape index (κ1) is 61.8. The topological polar surface area (TPSA) is 224 Å². The average molecular weight is 1270 g/mol. The lowest BCUT2D eigenvalue weighted by atomic mass is 10.2. The molecule has 8 aromatic carbocycles. The van der Waals surface area contributed by atoms with Gasteiger partial charge in [0.05, 0.1) is 57.4 Å². The molecule has 3 unspecified atom stereocenters. The van der Waals surface area contributed by atoms with Crippen molar-refractivity contribution in [1.29, 1.82) is 0 Å². The highest BCUT2D eigenvalue weighted by molar-refractivity contribution is 14.1. The summed E-state index contributed by atoms with van der Waals surface area (Å²) in [5, 5.41) is 43.6. The quantitative estimate of drug-likeness (QED) is 0.0190. The molecule has 12 aromatic rings. The number of fused-ring (bicyclic) bond motifs is 4. The van der Waals surface area contributed by atoms with Crippen molar-refractivity contribution >= 4 is 132 Å². The van der Waals surface area contributed by atoms with E-state index in [2.05, 4.69) is 76.8 Å². The van der Waals surface area contributed by atoms with Crippen molar-refractivity contribution < 1.29 is 43.9 Å². The molecule has 3 atom stereocenters. The van der Waals surface area contributed by atoms with E-state index in [1.54, 1.807) is 18.3 Å². The molecule has 0 aliphatic carbocycles. The molecule has 81 heavy (non-hydrogen) atoms. The molecule has 21 heteroatoms. The Kier molecular flexibility index (Phi) is 24.0. The zero-order valence-electron chi connectivity index (χ0n) is 42.8. The summed E-state index contributed by atoms with van der Waals surface area (Å²) in [6.45, 7) is 0. The lowest BCUT2D eigenvalue weighted by molar-refractivity contribution is 0.111. The number of aromatic nitrogens is 4. The van der Waals surface area contributed by atoms with Gasteiger partial charge in [-0.3, -0.25) is 9.59 Å². The van der Waals surface area contributed by atoms with E-state index in [1.807, 2.05) is 210 Å². The molecule has 0 aliphatic rings. The van der Waals surface area contributed by atoms with Gasteiger partial charge in [-0.1, -0.05) is 83.1 Å². The Morgan fingerprint density at radius 2 is 0.790 bits per heavy atom. The number of hydrogen-bond donors (Lipinski definition) is 6. The summed E-state index contributed by atoms with van der Waals surface area (Å²) < 4.78 is 22.3. The molecule has 0 bridgehead atoms. The number of phenolic OH excluding ortho intramolecular Hbond substituents is 1. The maximum Gasteiger partial charge on any atom is 0.152 e. The lowest BCUT2D eigenvalue weighted by Crippen LogP contribution is -1.91. The van der Waals surface area contributed by atoms with Crippen molar-refractivity contribution in [3.63, 3.8) is 0 Å². The minimum Gasteiger partial charge on any atom is -0.508 e. The maximum atomic E-state index is 11.1. The van der Waals surface area contributed by atoms with Crippen molar-refractivity contribution in [3.05, 3.63) is 245 Å². The van der Waals surface area contributed by atoms with E-state index in [-0.39, 0.29) is 18.2 Å². The second-order valence-electron chi connectivity index (χ2n) is 16.7. The first-order valence-electron chi connectivity index (χ1n) is 23.9. The van der Waals surface area contributed by atoms with Crippen LogP contribution in [0.25, 0.3) is 60.7 Å². The first-order chi connectivity index (χ1) is 39.2. The SMILES string of the molecule is Cl.NO.O/N=C/c1cn(-c2ccc(O)cc2)c2ccccc12.O/N=C/c1cn(-c2ccc(OP)cc2)c2ccccc12.O=Cc1c[nH]c2ccccc12.O=Cc1cn(-c2ccc(OP)cc2)c2ccccc12.POc1ccc(I)cc1. The van der Waals surface area contributed by atoms with Crippen LogP contribution in [0.1, 0.15) is 31.8 Å². The number of aromatic hydroxyl groups is 1. The van der Waals surface area contributed by atoms with Crippen LogP contribution in [-0.2, 0) is 0 Å². The molecule has 7 N–H and O–H groups in total. The molecule has 0 aliphatic heterocycles. The fourth-order valence-electron chi connectivity index (χ4n) is 8.37. The Bertz CT molecular complexity index is 3990. The summed E-state index contributed by atoms with van der Waals surface area (Å²) in [6, 6.07) is 61.7. The maximum absolute atomic E-state index is 11.1. The zero-order chi connectivity index (χ0) is 56.8. The number of aromatic amines is 1. The second-order valence-corrected chi connectivity index (χ2v) is 18.7. The molecule has 412 valence electrons. The van der Waals surface area contributed by atoms with Gasteiger partial charge in [0.15, 0.2) is 12.6 Å². The highest BCUT2D eigenvalue weighted by Crippen LogP contribution is 2.29. The van der Waals surface area contributed by atoms with E-state index in [1.165, 1.54) is 16.0 Å². The number of halogens is 2. The van der Waals surface area contributed by atoms with E-state index < -0.39 is 0 Å². The molecule has 0 fully saturated rings. The van der Waals surface area contributed by atoms with Gasteiger partial charge < -0.3 is 53.0 Å². The predicted molar refractivity (Wildman–Crippen MR) is 343 cm³/mol. The van der Waals surface area contributed by atoms with Gasteiger partial charge in [0, 0.05) is 94.7 Å². The highest BCUT2D eigenvalue weighted by atomic mass is 127. The number of rotatable bonds is 10. The van der Waals surface area contributed by atoms with Crippen LogP contribution in [0.2, 0.25) is 0 Å². The Hall–Kier alpha value is -8.37. The summed E-state index contributed by atoms with van der Waals surface area (Å²) in [6.07, 6.45) is 12.0. The number of carbonyl (C=O) groups is 2. The van der Waals surface area contributed by atoms with Gasteiger partial charge in [-0.05, 0) is 144 Å². The number of oxime groups is 2. The molecular formula is C60H54ClIN7O9P3. The van der Waals surface area contributed by atoms with Crippen molar-refractivity contribution in [1.82, 2.24) is 18.7 Å². The minimum atomic E-state index is 0. The number of H-pyrrole nitrogens is 1. The van der Waals surface area contributed by atoms with Crippen LogP contribution < -0.4 is 19.5 Å². The molecule has 4 heterocycles. The third kappa shape index (κ3) is 15.7. The Morgan fingerprint density at radius 1 is 0.457 bits per heavy atom. The fraction of sp³-hybridized carbons (Fsp3) is 0. The fourth-order valence-corrected chi connectivity index (χ4v) is 9.20. The molecular weight excluding hydrogens is 1220 g/mol. The van der Waals surface area contributed by atoms with Gasteiger partial charge in [0.2, 0.25) is 0 Å². The smallest absolute Gasteiger partial charge is 0.152 e. The number of nitrogens with two attached hydrogens (primary N) is 1. The van der Waals surface area contributed by atoms with E-state index >= 15 is 0 Å². The second kappa shape index (κ2) is 31.4. The van der Waals surface area contributed by atoms with Gasteiger partial charge in [0.1, 0.15) is 23.0 Å². The van der Waals surface area contributed by atoms with Crippen molar-refractivity contribution in [3.8, 4) is 40.1 Å². The number of hydrogen-bond acceptors (Lipinski definition) is 12. The number of benzene rings is 8. The number of phenols is 1. The molecule has 0 spiro atoms. The van der Waals surface area contributed by atoms with Gasteiger partial charge in [0.25, 0.3) is 0 Å². The highest BCUT2D eigenvalue weighted by Gasteiger charge is 2.11. The number of aldehydes is 2. The largest absolute Gasteiger partial charge is 0.508 e. The zero-order valence-corrected chi connectivity index (χ0v) is 49.2. The predicted octanol–water partition coefficient (Wildman–Crippen LogP) is 14.6. The Labute approximate surface area is 492 Å². The number of carbonyl (C=O) groups excluding carboxylic acids is 2. The molecule has 16 nitrogen and oxygen atoms in total. The van der Waals surface area contributed by atoms with Gasteiger partial charge in [-0.2, -0.15) is 0 Å². The Morgan fingerprint density at radius 3 is 1.17 bits per heavy atom. The van der Waals surface area contributed by atoms with E-state index in [4.69, 9.17) is 29.2 Å². The standard InChI is InChI=1S/C15H13N2O2P.C15H12N2O2.C15H12NO2P.C9H7NO.C6H6IOP.ClH.H3NO/c18-16-9-11-10-17(15-4-2-1-3-14(11)15)12-5-7-13(19-20)8-6-12;18-13-7-5-12(6-8-13)17-10-11(9-16-19)14-3-1-2-4-15(14)17;17-10-11-9-16(15-4-2-1-3-14(11)15)12-5-7-13(18-19)8-6-12;11-6-7-5-10-9-4-2-1-3-8(7)9;7-5-1-3-6(8-9)4-2-5;;1-2/h1-10,18H,20H2;1-10,18-19H;1-10H,19H2;1-6,10H;1-4H,9H2;1H;2H,1H2/b2*16-9+;;;;;. The normalized spacial score (nSPS) is 10.4. The Balaban J connectivity index is 0.000000166. The summed E-state index contributed by atoms with van der Waals surface area (Å²) in [5.74, 6) is 6.17. The van der Waals surface area contributed by atoms with Crippen LogP contribution in [0.15, 0.2) is 229 Å². The van der Waals surface area contributed by atoms with Crippen LogP contribution in [0.5, 0.6) is 23.0 Å². The molecule has 4 aromatic heterocycles. The van der Waals surface area contributed by atoms with Crippen LogP contribution in [0, 0.1) is 3.57 Å². The lowest BCUT2D eigenvalue weighted by Gasteiger charge is -2.06. The van der Waals surface area contributed by atoms with Gasteiger partial charge in [-0.15, -0.1) is 12.4 Å². The number of nitrogens with zero attached hydrogens (tertiary/aromatic N) is 5. The third-order valence-corrected chi connectivity index (χ3v) is 13.6. The third-order valence-electron chi connectivity index (χ3n) is 12.1. The first-order valence-corrected chi connectivity index (χ1v) is 26.4. The van der Waals surface area contributed by atoms with E-state index in [0.717, 1.165) is 107 Å². The molecule has 0 saturated carbocycles. The number of nitrogens with one attached hydrogen (secondary N) is 1. The summed E-state index contributed by atoms with van der Waals surface area (Å²) in [5.41, 5.74) is 10.2. The van der Waals surface area contributed by atoms with Crippen LogP contribution >= 0.6 is 63.4 Å². The molecule has 0 radical (unpaired) electrons. The molecule has 12 rings (SSSR count). The summed E-state index contributed by atoms with van der Waals surface area (Å²) >= 11 is 2.25. The average Bonchev–Trinajstić information content (AvgIpc) is 4.51. The summed E-state index contributed by atoms with van der Waals surface area (Å²) in [7, 11) is 6.65.